The zero-order valence-electron chi connectivity index (χ0n) is 17.0. The van der Waals surface area contributed by atoms with Crippen LogP contribution >= 0.6 is 0 Å². The molecule has 7 nitrogen and oxygen atoms in total. The fraction of sp³-hybridized carbons (Fsp3) is 0.261. The van der Waals surface area contributed by atoms with Gasteiger partial charge in [0.2, 0.25) is 0 Å². The third-order valence-corrected chi connectivity index (χ3v) is 5.18. The van der Waals surface area contributed by atoms with E-state index in [1.54, 1.807) is 4.57 Å². The number of aromatic amines is 1. The van der Waals surface area contributed by atoms with Crippen molar-refractivity contribution in [3.8, 4) is 0 Å². The number of benzene rings is 2. The molecule has 0 atom stereocenters. The van der Waals surface area contributed by atoms with E-state index in [0.29, 0.717) is 55.0 Å². The van der Waals surface area contributed by atoms with Gasteiger partial charge in [-0.15, -0.1) is 0 Å². The lowest BCUT2D eigenvalue weighted by Crippen LogP contribution is -2.40. The van der Waals surface area contributed by atoms with Crippen molar-refractivity contribution in [2.45, 2.75) is 39.3 Å². The van der Waals surface area contributed by atoms with Gasteiger partial charge in [0.25, 0.3) is 5.56 Å². The van der Waals surface area contributed by atoms with Gasteiger partial charge in [0.15, 0.2) is 5.65 Å². The lowest BCUT2D eigenvalue weighted by Gasteiger charge is -2.11. The summed E-state index contributed by atoms with van der Waals surface area (Å²) in [5.41, 5.74) is 8.78. The molecule has 2 aromatic carbocycles. The summed E-state index contributed by atoms with van der Waals surface area (Å²) in [5, 5.41) is 0. The maximum atomic E-state index is 13.1. The molecule has 0 saturated carbocycles. The molecule has 0 amide bonds. The van der Waals surface area contributed by atoms with Crippen molar-refractivity contribution >= 4 is 16.9 Å². The second-order valence-corrected chi connectivity index (χ2v) is 7.43. The summed E-state index contributed by atoms with van der Waals surface area (Å²) in [6.07, 6.45) is 1.90. The van der Waals surface area contributed by atoms with Gasteiger partial charge in [0.05, 0.1) is 0 Å². The van der Waals surface area contributed by atoms with Gasteiger partial charge in [-0.2, -0.15) is 0 Å². The maximum Gasteiger partial charge on any atom is 0.332 e. The molecule has 154 valence electrons. The van der Waals surface area contributed by atoms with Crippen LogP contribution in [0, 0.1) is 0 Å². The number of fused-ring (bicyclic) bond motifs is 1. The average molecular weight is 403 g/mol. The number of aryl methyl sites for hydroxylation is 2. The number of nitrogens with one attached hydrogen (secondary N) is 1. The van der Waals surface area contributed by atoms with Gasteiger partial charge in [-0.05, 0) is 36.1 Å². The summed E-state index contributed by atoms with van der Waals surface area (Å²) >= 11 is 0. The summed E-state index contributed by atoms with van der Waals surface area (Å²) in [6.45, 7) is 2.75. The molecule has 3 N–H and O–H groups in total. The lowest BCUT2D eigenvalue weighted by atomic mass is 10.1. The molecule has 0 radical (unpaired) electrons. The predicted molar refractivity (Wildman–Crippen MR) is 119 cm³/mol. The van der Waals surface area contributed by atoms with E-state index in [4.69, 9.17) is 5.73 Å². The van der Waals surface area contributed by atoms with Gasteiger partial charge in [-0.1, -0.05) is 49.4 Å². The Kier molecular flexibility index (Phi) is 5.52. The van der Waals surface area contributed by atoms with Gasteiger partial charge < -0.3 is 10.7 Å². The Morgan fingerprint density at radius 3 is 2.37 bits per heavy atom. The van der Waals surface area contributed by atoms with E-state index in [2.05, 4.69) is 9.97 Å². The maximum absolute atomic E-state index is 13.1. The molecule has 2 heterocycles. The molecule has 7 heteroatoms. The Morgan fingerprint density at radius 1 is 0.933 bits per heavy atom. The fourth-order valence-electron chi connectivity index (χ4n) is 3.63. The number of H-pyrrole nitrogens is 1. The van der Waals surface area contributed by atoms with Crippen LogP contribution in [0.25, 0.3) is 11.2 Å². The summed E-state index contributed by atoms with van der Waals surface area (Å²) in [4.78, 5) is 33.8. The standard InChI is InChI=1S/C23H25N5O2/c1-2-13-28-22(29)20-21(26-19(25-20)15-17-6-4-3-5-7-17)27(23(28)30)14-12-16-8-10-18(24)11-9-16/h3-11H,2,12-15,24H2,1H3,(H,25,26). The topological polar surface area (TPSA) is 98.7 Å². The van der Waals surface area contributed by atoms with Crippen LogP contribution < -0.4 is 17.0 Å². The van der Waals surface area contributed by atoms with Gasteiger partial charge in [0.1, 0.15) is 11.3 Å². The van der Waals surface area contributed by atoms with E-state index in [-0.39, 0.29) is 11.2 Å². The highest BCUT2D eigenvalue weighted by Crippen LogP contribution is 2.12. The number of imidazole rings is 1. The smallest absolute Gasteiger partial charge is 0.332 e. The Bertz CT molecular complexity index is 1270. The second-order valence-electron chi connectivity index (χ2n) is 7.43. The van der Waals surface area contributed by atoms with Crippen molar-refractivity contribution in [1.29, 1.82) is 0 Å². The van der Waals surface area contributed by atoms with Crippen LogP contribution in [-0.4, -0.2) is 19.1 Å². The molecule has 0 bridgehead atoms. The van der Waals surface area contributed by atoms with Gasteiger partial charge in [-0.3, -0.25) is 13.9 Å². The van der Waals surface area contributed by atoms with Crippen LogP contribution in [0.3, 0.4) is 0 Å². The van der Waals surface area contributed by atoms with Crippen molar-refractivity contribution in [3.63, 3.8) is 0 Å². The first kappa shape index (κ1) is 19.7. The van der Waals surface area contributed by atoms with Crippen LogP contribution in [0.2, 0.25) is 0 Å². The summed E-state index contributed by atoms with van der Waals surface area (Å²) < 4.78 is 2.91. The number of aromatic nitrogens is 4. The van der Waals surface area contributed by atoms with Crippen molar-refractivity contribution in [2.75, 3.05) is 5.73 Å². The van der Waals surface area contributed by atoms with E-state index in [1.165, 1.54) is 4.57 Å². The molecule has 0 spiro atoms. The Labute approximate surface area is 173 Å². The van der Waals surface area contributed by atoms with Crippen LogP contribution in [0.15, 0.2) is 64.2 Å². The molecule has 2 aromatic heterocycles. The Balaban J connectivity index is 1.76. The largest absolute Gasteiger partial charge is 0.399 e. The number of rotatable bonds is 7. The van der Waals surface area contributed by atoms with Crippen molar-refractivity contribution in [1.82, 2.24) is 19.1 Å². The van der Waals surface area contributed by atoms with E-state index in [1.807, 2.05) is 61.5 Å². The molecule has 30 heavy (non-hydrogen) atoms. The minimum atomic E-state index is -0.317. The summed E-state index contributed by atoms with van der Waals surface area (Å²) in [7, 11) is 0. The second kappa shape index (κ2) is 8.41. The van der Waals surface area contributed by atoms with Crippen LogP contribution in [0.1, 0.15) is 30.3 Å². The highest BCUT2D eigenvalue weighted by atomic mass is 16.2. The van der Waals surface area contributed by atoms with Crippen molar-refractivity contribution < 1.29 is 0 Å². The van der Waals surface area contributed by atoms with E-state index >= 15 is 0 Å². The first-order chi connectivity index (χ1) is 14.6. The average Bonchev–Trinajstić information content (AvgIpc) is 3.17. The molecule has 0 aliphatic carbocycles. The molecular formula is C23H25N5O2. The first-order valence-electron chi connectivity index (χ1n) is 10.2. The van der Waals surface area contributed by atoms with Gasteiger partial charge in [-0.25, -0.2) is 9.78 Å². The highest BCUT2D eigenvalue weighted by molar-refractivity contribution is 5.70. The minimum Gasteiger partial charge on any atom is -0.399 e. The number of nitrogens with zero attached hydrogens (tertiary/aromatic N) is 3. The summed E-state index contributed by atoms with van der Waals surface area (Å²) in [6, 6.07) is 17.5. The van der Waals surface area contributed by atoms with E-state index in [9.17, 15) is 9.59 Å². The normalized spacial score (nSPS) is 11.2. The molecule has 0 fully saturated rings. The zero-order valence-corrected chi connectivity index (χ0v) is 17.0. The number of nitrogens with two attached hydrogens (primary N) is 1. The van der Waals surface area contributed by atoms with Gasteiger partial charge >= 0.3 is 5.69 Å². The lowest BCUT2D eigenvalue weighted by molar-refractivity contribution is 0.559. The fourth-order valence-corrected chi connectivity index (χ4v) is 3.63. The molecule has 0 aliphatic heterocycles. The first-order valence-corrected chi connectivity index (χ1v) is 10.2. The number of anilines is 1. The van der Waals surface area contributed by atoms with E-state index < -0.39 is 0 Å². The zero-order chi connectivity index (χ0) is 21.1. The number of hydrogen-bond acceptors (Lipinski definition) is 4. The third kappa shape index (κ3) is 3.91. The van der Waals surface area contributed by atoms with E-state index in [0.717, 1.165) is 11.1 Å². The van der Waals surface area contributed by atoms with Crippen molar-refractivity contribution in [2.24, 2.45) is 0 Å². The molecule has 0 unspecified atom stereocenters. The molecule has 0 aliphatic rings. The number of nitrogen functional groups attached to an aromatic ring is 1. The highest BCUT2D eigenvalue weighted by Gasteiger charge is 2.17. The molecule has 4 rings (SSSR count). The minimum absolute atomic E-state index is 0.313. The summed E-state index contributed by atoms with van der Waals surface area (Å²) in [5.74, 6) is 0.670. The van der Waals surface area contributed by atoms with Crippen LogP contribution in [0.4, 0.5) is 5.69 Å². The Hall–Kier alpha value is -3.61. The Morgan fingerprint density at radius 2 is 1.67 bits per heavy atom. The number of hydrogen-bond donors (Lipinski definition) is 2. The molecular weight excluding hydrogens is 378 g/mol. The van der Waals surface area contributed by atoms with Crippen molar-refractivity contribution in [3.05, 3.63) is 92.4 Å². The molecule has 0 saturated heterocycles. The third-order valence-electron chi connectivity index (χ3n) is 5.18. The monoisotopic (exact) mass is 403 g/mol. The quantitative estimate of drug-likeness (QED) is 0.464. The molecule has 4 aromatic rings. The van der Waals surface area contributed by atoms with Crippen LogP contribution in [0.5, 0.6) is 0 Å². The predicted octanol–water partition coefficient (Wildman–Crippen LogP) is 2.71. The van der Waals surface area contributed by atoms with Gasteiger partial charge in [0, 0.05) is 25.2 Å². The van der Waals surface area contributed by atoms with Crippen LogP contribution in [-0.2, 0) is 25.9 Å². The SMILES string of the molecule is CCCn1c(=O)c2[nH]c(Cc3ccccc3)nc2n(CCc2ccc(N)cc2)c1=O.